The molecule has 1 saturated carbocycles. The minimum atomic E-state index is -0.178. The summed E-state index contributed by atoms with van der Waals surface area (Å²) in [5.74, 6) is -0.178. The molecule has 1 amide bonds. The summed E-state index contributed by atoms with van der Waals surface area (Å²) in [4.78, 5) is 13.3. The van der Waals surface area contributed by atoms with Crippen molar-refractivity contribution in [1.29, 1.82) is 0 Å². The Morgan fingerprint density at radius 2 is 2.12 bits per heavy atom. The molecule has 1 aliphatic carbocycles. The Morgan fingerprint density at radius 1 is 1.31 bits per heavy atom. The maximum absolute atomic E-state index is 10.8. The molecule has 1 aliphatic heterocycles. The Hall–Kier alpha value is -0.610. The lowest BCUT2D eigenvalue weighted by Crippen LogP contribution is -2.45. The van der Waals surface area contributed by atoms with E-state index in [4.69, 9.17) is 5.73 Å². The quantitative estimate of drug-likeness (QED) is 0.691. The van der Waals surface area contributed by atoms with E-state index >= 15 is 0 Å². The van der Waals surface area contributed by atoms with Gasteiger partial charge in [-0.2, -0.15) is 0 Å². The minimum absolute atomic E-state index is 0.178. The molecule has 0 aromatic heterocycles. The van der Waals surface area contributed by atoms with Gasteiger partial charge in [0.15, 0.2) is 0 Å². The van der Waals surface area contributed by atoms with E-state index in [0.29, 0.717) is 12.5 Å². The molecule has 2 fully saturated rings. The van der Waals surface area contributed by atoms with Crippen LogP contribution in [0.25, 0.3) is 0 Å². The average molecular weight is 225 g/mol. The zero-order valence-electron chi connectivity index (χ0n) is 9.95. The SMILES string of the molecule is NC(=O)CCN(CC1CCCCN1)C1CC1. The highest BCUT2D eigenvalue weighted by molar-refractivity contribution is 5.73. The van der Waals surface area contributed by atoms with Crippen molar-refractivity contribution in [2.24, 2.45) is 5.73 Å². The van der Waals surface area contributed by atoms with Crippen molar-refractivity contribution in [1.82, 2.24) is 10.2 Å². The molecule has 16 heavy (non-hydrogen) atoms. The third-order valence-electron chi connectivity index (χ3n) is 3.58. The third kappa shape index (κ3) is 3.76. The van der Waals surface area contributed by atoms with E-state index in [1.165, 1.54) is 32.1 Å². The van der Waals surface area contributed by atoms with Crippen LogP contribution >= 0.6 is 0 Å². The van der Waals surface area contributed by atoms with Crippen LogP contribution in [0.1, 0.15) is 38.5 Å². The summed E-state index contributed by atoms with van der Waals surface area (Å²) in [6, 6.07) is 1.35. The molecule has 1 unspecified atom stereocenters. The molecule has 0 bridgehead atoms. The number of carbonyl (C=O) groups is 1. The van der Waals surface area contributed by atoms with Crippen LogP contribution in [0.5, 0.6) is 0 Å². The average Bonchev–Trinajstić information content (AvgIpc) is 3.09. The van der Waals surface area contributed by atoms with E-state index in [2.05, 4.69) is 10.2 Å². The Morgan fingerprint density at radius 3 is 2.69 bits per heavy atom. The van der Waals surface area contributed by atoms with Crippen molar-refractivity contribution < 1.29 is 4.79 Å². The highest BCUT2D eigenvalue weighted by Gasteiger charge is 2.30. The summed E-state index contributed by atoms with van der Waals surface area (Å²) in [7, 11) is 0. The highest BCUT2D eigenvalue weighted by Crippen LogP contribution is 2.27. The molecule has 92 valence electrons. The highest BCUT2D eigenvalue weighted by atomic mass is 16.1. The van der Waals surface area contributed by atoms with Gasteiger partial charge in [-0.25, -0.2) is 0 Å². The van der Waals surface area contributed by atoms with Crippen LogP contribution in [0.15, 0.2) is 0 Å². The monoisotopic (exact) mass is 225 g/mol. The smallest absolute Gasteiger partial charge is 0.218 e. The minimum Gasteiger partial charge on any atom is -0.370 e. The summed E-state index contributed by atoms with van der Waals surface area (Å²) in [6.45, 7) is 3.09. The Balaban J connectivity index is 1.75. The van der Waals surface area contributed by atoms with Gasteiger partial charge in [-0.3, -0.25) is 9.69 Å². The number of primary amides is 1. The fraction of sp³-hybridized carbons (Fsp3) is 0.917. The molecule has 1 heterocycles. The predicted octanol–water partition coefficient (Wildman–Crippen LogP) is 0.468. The third-order valence-corrected chi connectivity index (χ3v) is 3.58. The number of carbonyl (C=O) groups excluding carboxylic acids is 1. The van der Waals surface area contributed by atoms with Gasteiger partial charge in [-0.05, 0) is 32.2 Å². The number of piperidine rings is 1. The van der Waals surface area contributed by atoms with Gasteiger partial charge in [-0.15, -0.1) is 0 Å². The number of rotatable bonds is 6. The summed E-state index contributed by atoms with van der Waals surface area (Å²) in [5, 5.41) is 3.56. The molecule has 1 saturated heterocycles. The standard InChI is InChI=1S/C12H23N3O/c13-12(16)6-8-15(11-4-5-11)9-10-3-1-2-7-14-10/h10-11,14H,1-9H2,(H2,13,16). The van der Waals surface area contributed by atoms with Gasteiger partial charge in [0.2, 0.25) is 5.91 Å². The van der Waals surface area contributed by atoms with Crippen molar-refractivity contribution in [3.63, 3.8) is 0 Å². The van der Waals surface area contributed by atoms with Crippen LogP contribution in [-0.4, -0.2) is 42.5 Å². The van der Waals surface area contributed by atoms with Gasteiger partial charge in [0, 0.05) is 31.6 Å². The van der Waals surface area contributed by atoms with E-state index in [-0.39, 0.29) is 5.91 Å². The van der Waals surface area contributed by atoms with Gasteiger partial charge in [0.25, 0.3) is 0 Å². The molecule has 4 heteroatoms. The normalized spacial score (nSPS) is 25.9. The maximum atomic E-state index is 10.8. The first-order chi connectivity index (χ1) is 7.75. The van der Waals surface area contributed by atoms with Crippen LogP contribution in [0.4, 0.5) is 0 Å². The topological polar surface area (TPSA) is 58.4 Å². The zero-order valence-corrected chi connectivity index (χ0v) is 9.95. The molecular formula is C12H23N3O. The zero-order chi connectivity index (χ0) is 11.4. The molecular weight excluding hydrogens is 202 g/mol. The second-order valence-electron chi connectivity index (χ2n) is 5.09. The number of nitrogens with two attached hydrogens (primary N) is 1. The summed E-state index contributed by atoms with van der Waals surface area (Å²) >= 11 is 0. The second kappa shape index (κ2) is 5.64. The van der Waals surface area contributed by atoms with E-state index < -0.39 is 0 Å². The molecule has 0 aromatic carbocycles. The number of nitrogens with one attached hydrogen (secondary N) is 1. The van der Waals surface area contributed by atoms with Crippen LogP contribution in [0, 0.1) is 0 Å². The Kier molecular flexibility index (Phi) is 4.18. The van der Waals surface area contributed by atoms with Crippen LogP contribution in [-0.2, 0) is 4.79 Å². The molecule has 1 atom stereocenters. The van der Waals surface area contributed by atoms with Crippen LogP contribution < -0.4 is 11.1 Å². The van der Waals surface area contributed by atoms with Crippen LogP contribution in [0.3, 0.4) is 0 Å². The van der Waals surface area contributed by atoms with E-state index in [1.807, 2.05) is 0 Å². The van der Waals surface area contributed by atoms with Gasteiger partial charge >= 0.3 is 0 Å². The van der Waals surface area contributed by atoms with Crippen molar-refractivity contribution in [2.75, 3.05) is 19.6 Å². The lowest BCUT2D eigenvalue weighted by atomic mass is 10.0. The summed E-state index contributed by atoms with van der Waals surface area (Å²) in [5.41, 5.74) is 5.21. The van der Waals surface area contributed by atoms with E-state index in [1.54, 1.807) is 0 Å². The summed E-state index contributed by atoms with van der Waals surface area (Å²) in [6.07, 6.45) is 7.02. The van der Waals surface area contributed by atoms with Crippen LogP contribution in [0.2, 0.25) is 0 Å². The number of hydrogen-bond donors (Lipinski definition) is 2. The van der Waals surface area contributed by atoms with Crippen molar-refractivity contribution in [3.05, 3.63) is 0 Å². The van der Waals surface area contributed by atoms with E-state index in [0.717, 1.165) is 25.7 Å². The predicted molar refractivity (Wildman–Crippen MR) is 64.0 cm³/mol. The maximum Gasteiger partial charge on any atom is 0.218 e. The molecule has 0 aromatic rings. The number of nitrogens with zero attached hydrogens (tertiary/aromatic N) is 1. The first kappa shape index (κ1) is 11.9. The fourth-order valence-electron chi connectivity index (χ4n) is 2.48. The second-order valence-corrected chi connectivity index (χ2v) is 5.09. The largest absolute Gasteiger partial charge is 0.370 e. The number of hydrogen-bond acceptors (Lipinski definition) is 3. The van der Waals surface area contributed by atoms with Gasteiger partial charge in [0.05, 0.1) is 0 Å². The van der Waals surface area contributed by atoms with Gasteiger partial charge in [0.1, 0.15) is 0 Å². The van der Waals surface area contributed by atoms with Gasteiger partial charge < -0.3 is 11.1 Å². The molecule has 3 N–H and O–H groups in total. The molecule has 0 spiro atoms. The Bertz CT molecular complexity index is 234. The van der Waals surface area contributed by atoms with Gasteiger partial charge in [-0.1, -0.05) is 6.42 Å². The molecule has 4 nitrogen and oxygen atoms in total. The van der Waals surface area contributed by atoms with Crippen molar-refractivity contribution in [2.45, 2.75) is 50.6 Å². The van der Waals surface area contributed by atoms with Crippen molar-refractivity contribution >= 4 is 5.91 Å². The first-order valence-electron chi connectivity index (χ1n) is 6.51. The lowest BCUT2D eigenvalue weighted by molar-refractivity contribution is -0.118. The Labute approximate surface area is 97.6 Å². The van der Waals surface area contributed by atoms with E-state index in [9.17, 15) is 4.79 Å². The lowest BCUT2D eigenvalue weighted by Gasteiger charge is -2.30. The first-order valence-corrected chi connectivity index (χ1v) is 6.51. The summed E-state index contributed by atoms with van der Waals surface area (Å²) < 4.78 is 0. The number of amides is 1. The fourth-order valence-corrected chi connectivity index (χ4v) is 2.48. The molecule has 0 radical (unpaired) electrons. The molecule has 2 rings (SSSR count). The molecule has 2 aliphatic rings. The van der Waals surface area contributed by atoms with Crippen molar-refractivity contribution in [3.8, 4) is 0 Å².